The number of rotatable bonds is 10. The highest BCUT2D eigenvalue weighted by atomic mass is 16.5. The molecule has 0 heterocycles. The molecule has 1 atom stereocenters. The molecule has 0 aliphatic carbocycles. The van der Waals surface area contributed by atoms with Gasteiger partial charge in [0.25, 0.3) is 5.91 Å². The van der Waals surface area contributed by atoms with E-state index < -0.39 is 0 Å². The van der Waals surface area contributed by atoms with Crippen LogP contribution in [0.1, 0.15) is 49.7 Å². The summed E-state index contributed by atoms with van der Waals surface area (Å²) in [6.45, 7) is 10.2. The van der Waals surface area contributed by atoms with E-state index in [-0.39, 0.29) is 24.0 Å². The van der Waals surface area contributed by atoms with Crippen molar-refractivity contribution in [3.63, 3.8) is 0 Å². The summed E-state index contributed by atoms with van der Waals surface area (Å²) in [5, 5.41) is 8.56. The van der Waals surface area contributed by atoms with Gasteiger partial charge in [0, 0.05) is 23.8 Å². The molecule has 0 aliphatic rings. The van der Waals surface area contributed by atoms with Crippen molar-refractivity contribution in [3.8, 4) is 5.75 Å². The zero-order valence-electron chi connectivity index (χ0n) is 19.1. The highest BCUT2D eigenvalue weighted by Crippen LogP contribution is 2.24. The van der Waals surface area contributed by atoms with Gasteiger partial charge in [-0.1, -0.05) is 26.0 Å². The average Bonchev–Trinajstić information content (AvgIpc) is 2.76. The zero-order valence-corrected chi connectivity index (χ0v) is 19.1. The van der Waals surface area contributed by atoms with E-state index in [0.717, 1.165) is 24.4 Å². The molecule has 7 heteroatoms. The number of carbonyl (C=O) groups excluding carboxylic acids is 2. The van der Waals surface area contributed by atoms with E-state index in [2.05, 4.69) is 40.8 Å². The molecule has 31 heavy (non-hydrogen) atoms. The van der Waals surface area contributed by atoms with Crippen LogP contribution in [0, 0.1) is 0 Å². The molecule has 7 nitrogen and oxygen atoms in total. The average molecular weight is 427 g/mol. The summed E-state index contributed by atoms with van der Waals surface area (Å²) >= 11 is 0. The largest absolute Gasteiger partial charge is 0.497 e. The van der Waals surface area contributed by atoms with Crippen LogP contribution in [0.15, 0.2) is 48.5 Å². The lowest BCUT2D eigenvalue weighted by atomic mass is 10.0. The number of ether oxygens (including phenoxy) is 1. The van der Waals surface area contributed by atoms with E-state index in [1.165, 1.54) is 0 Å². The van der Waals surface area contributed by atoms with Crippen molar-refractivity contribution in [1.29, 1.82) is 0 Å². The van der Waals surface area contributed by atoms with Crippen molar-refractivity contribution < 1.29 is 14.3 Å². The maximum atomic E-state index is 12.7. The molecule has 3 amide bonds. The van der Waals surface area contributed by atoms with Gasteiger partial charge in [-0.3, -0.25) is 9.69 Å². The van der Waals surface area contributed by atoms with Gasteiger partial charge < -0.3 is 20.7 Å². The number of nitrogens with one attached hydrogen (secondary N) is 3. The van der Waals surface area contributed by atoms with Crippen LogP contribution in [0.5, 0.6) is 5.75 Å². The number of amides is 3. The molecule has 0 radical (unpaired) electrons. The Bertz CT molecular complexity index is 848. The van der Waals surface area contributed by atoms with Crippen LogP contribution >= 0.6 is 0 Å². The van der Waals surface area contributed by atoms with Gasteiger partial charge in [-0.2, -0.15) is 0 Å². The normalized spacial score (nSPS) is 11.8. The SMILES string of the molecule is CCN(CC)C(CNC(=O)c1ccc(NC(=O)NC(C)C)cc1)c1cccc(OC)c1. The van der Waals surface area contributed by atoms with Gasteiger partial charge in [-0.05, 0) is 68.9 Å². The minimum Gasteiger partial charge on any atom is -0.497 e. The van der Waals surface area contributed by atoms with Crippen molar-refractivity contribution in [3.05, 3.63) is 59.7 Å². The molecule has 0 bridgehead atoms. The summed E-state index contributed by atoms with van der Waals surface area (Å²) in [6, 6.07) is 14.6. The molecule has 0 saturated carbocycles. The second-order valence-electron chi connectivity index (χ2n) is 7.55. The fourth-order valence-electron chi connectivity index (χ4n) is 3.40. The Balaban J connectivity index is 2.05. The standard InChI is InChI=1S/C24H34N4O3/c1-6-28(7-2)22(19-9-8-10-21(15-19)31-5)16-25-23(29)18-11-13-20(14-12-18)27-24(30)26-17(3)4/h8-15,17,22H,6-7,16H2,1-5H3,(H,25,29)(H2,26,27,30). The van der Waals surface area contributed by atoms with Crippen molar-refractivity contribution >= 4 is 17.6 Å². The smallest absolute Gasteiger partial charge is 0.319 e. The van der Waals surface area contributed by atoms with E-state index in [4.69, 9.17) is 4.74 Å². The number of hydrogen-bond donors (Lipinski definition) is 3. The van der Waals surface area contributed by atoms with Crippen LogP contribution in [-0.4, -0.2) is 49.6 Å². The molecule has 3 N–H and O–H groups in total. The van der Waals surface area contributed by atoms with Crippen LogP contribution in [0.25, 0.3) is 0 Å². The first-order valence-corrected chi connectivity index (χ1v) is 10.7. The molecule has 0 aromatic heterocycles. The first-order chi connectivity index (χ1) is 14.9. The Morgan fingerprint density at radius 2 is 1.71 bits per heavy atom. The highest BCUT2D eigenvalue weighted by Gasteiger charge is 2.20. The number of methoxy groups -OCH3 is 1. The van der Waals surface area contributed by atoms with Gasteiger partial charge >= 0.3 is 6.03 Å². The number of likely N-dealkylation sites (N-methyl/N-ethyl adjacent to an activating group) is 1. The lowest BCUT2D eigenvalue weighted by Crippen LogP contribution is -2.38. The fourth-order valence-corrected chi connectivity index (χ4v) is 3.40. The minimum atomic E-state index is -0.271. The summed E-state index contributed by atoms with van der Waals surface area (Å²) in [7, 11) is 1.65. The number of nitrogens with zero attached hydrogens (tertiary/aromatic N) is 1. The molecule has 2 aromatic rings. The molecule has 0 fully saturated rings. The van der Waals surface area contributed by atoms with Crippen LogP contribution in [0.3, 0.4) is 0 Å². The van der Waals surface area contributed by atoms with Gasteiger partial charge in [0.15, 0.2) is 0 Å². The predicted octanol–water partition coefficient (Wildman–Crippen LogP) is 4.04. The third kappa shape index (κ3) is 7.29. The Kier molecular flexibility index (Phi) is 9.34. The summed E-state index contributed by atoms with van der Waals surface area (Å²) in [5.41, 5.74) is 2.27. The van der Waals surface area contributed by atoms with Crippen LogP contribution in [0.4, 0.5) is 10.5 Å². The van der Waals surface area contributed by atoms with E-state index in [0.29, 0.717) is 17.8 Å². The van der Waals surface area contributed by atoms with E-state index in [9.17, 15) is 9.59 Å². The third-order valence-corrected chi connectivity index (χ3v) is 5.01. The van der Waals surface area contributed by atoms with Gasteiger partial charge in [0.1, 0.15) is 5.75 Å². The van der Waals surface area contributed by atoms with Crippen molar-refractivity contribution in [2.45, 2.75) is 39.8 Å². The van der Waals surface area contributed by atoms with Gasteiger partial charge in [-0.15, -0.1) is 0 Å². The Morgan fingerprint density at radius 3 is 2.29 bits per heavy atom. The lowest BCUT2D eigenvalue weighted by Gasteiger charge is -2.30. The number of hydrogen-bond acceptors (Lipinski definition) is 4. The number of urea groups is 1. The van der Waals surface area contributed by atoms with Crippen LogP contribution in [0.2, 0.25) is 0 Å². The first kappa shape index (κ1) is 24.2. The number of anilines is 1. The maximum Gasteiger partial charge on any atom is 0.319 e. The zero-order chi connectivity index (χ0) is 22.8. The summed E-state index contributed by atoms with van der Waals surface area (Å²) in [4.78, 5) is 26.8. The van der Waals surface area contributed by atoms with Crippen molar-refractivity contribution in [1.82, 2.24) is 15.5 Å². The summed E-state index contributed by atoms with van der Waals surface area (Å²) < 4.78 is 5.37. The number of benzene rings is 2. The minimum absolute atomic E-state index is 0.0368. The molecular formula is C24H34N4O3. The van der Waals surface area contributed by atoms with Crippen LogP contribution < -0.4 is 20.7 Å². The fraction of sp³-hybridized carbons (Fsp3) is 0.417. The summed E-state index contributed by atoms with van der Waals surface area (Å²) in [6.07, 6.45) is 0. The summed E-state index contributed by atoms with van der Waals surface area (Å²) in [5.74, 6) is 0.642. The Morgan fingerprint density at radius 1 is 1.03 bits per heavy atom. The Hall–Kier alpha value is -3.06. The second kappa shape index (κ2) is 12.0. The molecule has 2 aromatic carbocycles. The van der Waals surface area contributed by atoms with Crippen molar-refractivity contribution in [2.75, 3.05) is 32.1 Å². The van der Waals surface area contributed by atoms with Gasteiger partial charge in [-0.25, -0.2) is 4.79 Å². The molecule has 1 unspecified atom stereocenters. The van der Waals surface area contributed by atoms with E-state index in [1.54, 1.807) is 31.4 Å². The topological polar surface area (TPSA) is 82.7 Å². The Labute approximate surface area is 185 Å². The molecule has 0 spiro atoms. The number of carbonyl (C=O) groups is 2. The van der Waals surface area contributed by atoms with Gasteiger partial charge in [0.05, 0.1) is 13.2 Å². The molecule has 2 rings (SSSR count). The van der Waals surface area contributed by atoms with E-state index in [1.807, 2.05) is 32.0 Å². The van der Waals surface area contributed by atoms with E-state index >= 15 is 0 Å². The predicted molar refractivity (Wildman–Crippen MR) is 125 cm³/mol. The monoisotopic (exact) mass is 426 g/mol. The highest BCUT2D eigenvalue weighted by molar-refractivity contribution is 5.95. The van der Waals surface area contributed by atoms with Crippen LogP contribution in [-0.2, 0) is 0 Å². The molecule has 0 saturated heterocycles. The second-order valence-corrected chi connectivity index (χ2v) is 7.55. The molecule has 0 aliphatic heterocycles. The quantitative estimate of drug-likeness (QED) is 0.536. The lowest BCUT2D eigenvalue weighted by molar-refractivity contribution is 0.0935. The molecular weight excluding hydrogens is 392 g/mol. The third-order valence-electron chi connectivity index (χ3n) is 5.01. The van der Waals surface area contributed by atoms with Gasteiger partial charge in [0.2, 0.25) is 0 Å². The molecule has 168 valence electrons. The van der Waals surface area contributed by atoms with Crippen molar-refractivity contribution in [2.24, 2.45) is 0 Å². The maximum absolute atomic E-state index is 12.7. The first-order valence-electron chi connectivity index (χ1n) is 10.7.